The van der Waals surface area contributed by atoms with E-state index in [9.17, 15) is 0 Å². The molecule has 0 heterocycles. The van der Waals surface area contributed by atoms with Crippen LogP contribution in [0.1, 0.15) is 81.8 Å². The number of nitrogens with zero attached hydrogens (tertiary/aromatic N) is 1. The molecule has 1 nitrogen and oxygen atoms in total. The Hall–Kier alpha value is -1.99. The second-order valence-corrected chi connectivity index (χ2v) is 8.12. The van der Waals surface area contributed by atoms with Crippen molar-refractivity contribution in [2.45, 2.75) is 70.6 Å². The first-order valence-electron chi connectivity index (χ1n) is 10.5. The smallest absolute Gasteiger partial charge is 0.0991 e. The Kier molecular flexibility index (Phi) is 6.96. The SMILES string of the molecule is CCC1CCC(/C=C/C#CC2CCC(c3ccc(C#N)cc3)CC2)CC1. The molecule has 0 aromatic heterocycles. The Morgan fingerprint density at radius 1 is 0.962 bits per heavy atom. The van der Waals surface area contributed by atoms with E-state index in [4.69, 9.17) is 5.26 Å². The lowest BCUT2D eigenvalue weighted by Crippen LogP contribution is -2.12. The van der Waals surface area contributed by atoms with Crippen molar-refractivity contribution in [3.63, 3.8) is 0 Å². The van der Waals surface area contributed by atoms with Crippen LogP contribution in [-0.4, -0.2) is 0 Å². The van der Waals surface area contributed by atoms with Gasteiger partial charge in [0.25, 0.3) is 0 Å². The minimum atomic E-state index is 0.560. The summed E-state index contributed by atoms with van der Waals surface area (Å²) in [5.41, 5.74) is 2.14. The molecule has 0 N–H and O–H groups in total. The Morgan fingerprint density at radius 2 is 1.65 bits per heavy atom. The highest BCUT2D eigenvalue weighted by atomic mass is 14.3. The normalized spacial score (nSPS) is 28.9. The molecule has 2 saturated carbocycles. The van der Waals surface area contributed by atoms with E-state index >= 15 is 0 Å². The van der Waals surface area contributed by atoms with Crippen LogP contribution in [0, 0.1) is 40.9 Å². The maximum atomic E-state index is 8.91. The van der Waals surface area contributed by atoms with E-state index in [0.717, 1.165) is 17.4 Å². The molecule has 0 atom stereocenters. The van der Waals surface area contributed by atoms with Gasteiger partial charge in [0, 0.05) is 5.92 Å². The van der Waals surface area contributed by atoms with Crippen LogP contribution < -0.4 is 0 Å². The molecule has 0 saturated heterocycles. The highest BCUT2D eigenvalue weighted by Crippen LogP contribution is 2.35. The zero-order valence-electron chi connectivity index (χ0n) is 16.1. The number of nitriles is 1. The molecule has 0 unspecified atom stereocenters. The van der Waals surface area contributed by atoms with Crippen LogP contribution in [0.5, 0.6) is 0 Å². The molecule has 3 rings (SSSR count). The van der Waals surface area contributed by atoms with E-state index in [1.165, 1.54) is 63.4 Å². The third-order valence-corrected chi connectivity index (χ3v) is 6.45. The monoisotopic (exact) mass is 345 g/mol. The molecule has 2 fully saturated rings. The van der Waals surface area contributed by atoms with Crippen molar-refractivity contribution in [3.05, 3.63) is 47.5 Å². The zero-order valence-corrected chi connectivity index (χ0v) is 16.1. The molecule has 136 valence electrons. The van der Waals surface area contributed by atoms with Crippen LogP contribution in [0.15, 0.2) is 36.4 Å². The molecule has 1 aromatic carbocycles. The van der Waals surface area contributed by atoms with E-state index in [1.807, 2.05) is 12.1 Å². The summed E-state index contributed by atoms with van der Waals surface area (Å²) >= 11 is 0. The Labute approximate surface area is 159 Å². The predicted octanol–water partition coefficient (Wildman–Crippen LogP) is 6.61. The van der Waals surface area contributed by atoms with Gasteiger partial charge in [-0.25, -0.2) is 0 Å². The minimum Gasteiger partial charge on any atom is -0.192 e. The molecule has 0 bridgehead atoms. The van der Waals surface area contributed by atoms with Gasteiger partial charge in [-0.3, -0.25) is 0 Å². The first kappa shape index (κ1) is 18.8. The fraction of sp³-hybridized carbons (Fsp3) is 0.560. The molecule has 0 amide bonds. The van der Waals surface area contributed by atoms with Gasteiger partial charge < -0.3 is 0 Å². The average Bonchev–Trinajstić information content (AvgIpc) is 2.72. The highest BCUT2D eigenvalue weighted by Gasteiger charge is 2.21. The van der Waals surface area contributed by atoms with Crippen molar-refractivity contribution in [3.8, 4) is 17.9 Å². The number of allylic oxidation sites excluding steroid dienone is 2. The highest BCUT2D eigenvalue weighted by molar-refractivity contribution is 5.33. The summed E-state index contributed by atoms with van der Waals surface area (Å²) in [4.78, 5) is 0. The third kappa shape index (κ3) is 5.25. The first-order valence-corrected chi connectivity index (χ1v) is 10.5. The van der Waals surface area contributed by atoms with Crippen molar-refractivity contribution in [1.29, 1.82) is 5.26 Å². The molecule has 1 aromatic rings. The Morgan fingerprint density at radius 3 is 2.27 bits per heavy atom. The van der Waals surface area contributed by atoms with Gasteiger partial charge in [-0.05, 0) is 92.9 Å². The molecule has 0 radical (unpaired) electrons. The fourth-order valence-corrected chi connectivity index (χ4v) is 4.54. The molecule has 26 heavy (non-hydrogen) atoms. The lowest BCUT2D eigenvalue weighted by Gasteiger charge is -2.26. The third-order valence-electron chi connectivity index (χ3n) is 6.45. The average molecular weight is 346 g/mol. The van der Waals surface area contributed by atoms with E-state index in [1.54, 1.807) is 0 Å². The van der Waals surface area contributed by atoms with Crippen LogP contribution in [0.2, 0.25) is 0 Å². The van der Waals surface area contributed by atoms with Crippen molar-refractivity contribution in [1.82, 2.24) is 0 Å². The van der Waals surface area contributed by atoms with Gasteiger partial charge in [-0.2, -0.15) is 5.26 Å². The molecular formula is C25H31N. The van der Waals surface area contributed by atoms with E-state index < -0.39 is 0 Å². The van der Waals surface area contributed by atoms with Crippen molar-refractivity contribution < 1.29 is 0 Å². The van der Waals surface area contributed by atoms with Crippen molar-refractivity contribution >= 4 is 0 Å². The topological polar surface area (TPSA) is 23.8 Å². The minimum absolute atomic E-state index is 0.560. The van der Waals surface area contributed by atoms with E-state index in [2.05, 4.69) is 49.1 Å². The first-order chi connectivity index (χ1) is 12.8. The summed E-state index contributed by atoms with van der Waals surface area (Å²) in [6, 6.07) is 10.3. The van der Waals surface area contributed by atoms with Crippen LogP contribution in [0.25, 0.3) is 0 Å². The predicted molar refractivity (Wildman–Crippen MR) is 109 cm³/mol. The second kappa shape index (κ2) is 9.64. The van der Waals surface area contributed by atoms with Gasteiger partial charge in [0.2, 0.25) is 0 Å². The van der Waals surface area contributed by atoms with Gasteiger partial charge in [-0.15, -0.1) is 0 Å². The lowest BCUT2D eigenvalue weighted by atomic mass is 9.79. The maximum Gasteiger partial charge on any atom is 0.0991 e. The van der Waals surface area contributed by atoms with E-state index in [-0.39, 0.29) is 0 Å². The fourth-order valence-electron chi connectivity index (χ4n) is 4.54. The standard InChI is InChI=1S/C25H31N/c1-2-20-7-9-21(10-8-20)5-3-4-6-22-11-15-24(16-12-22)25-17-13-23(19-26)14-18-25/h3,5,13-14,17-18,20-22,24H,2,7-12,15-16H2,1H3/b5-3+. The summed E-state index contributed by atoms with van der Waals surface area (Å²) in [5, 5.41) is 8.91. The molecular weight excluding hydrogens is 314 g/mol. The largest absolute Gasteiger partial charge is 0.192 e. The maximum absolute atomic E-state index is 8.91. The van der Waals surface area contributed by atoms with Gasteiger partial charge >= 0.3 is 0 Å². The number of rotatable bonds is 3. The van der Waals surface area contributed by atoms with Crippen molar-refractivity contribution in [2.24, 2.45) is 17.8 Å². The number of hydrogen-bond donors (Lipinski definition) is 0. The molecule has 0 spiro atoms. The van der Waals surface area contributed by atoms with Gasteiger partial charge in [-0.1, -0.05) is 43.4 Å². The van der Waals surface area contributed by atoms with Crippen molar-refractivity contribution in [2.75, 3.05) is 0 Å². The zero-order chi connectivity index (χ0) is 18.2. The van der Waals surface area contributed by atoms with Gasteiger partial charge in [0.05, 0.1) is 11.6 Å². The van der Waals surface area contributed by atoms with E-state index in [0.29, 0.717) is 11.8 Å². The van der Waals surface area contributed by atoms with Crippen LogP contribution in [0.4, 0.5) is 0 Å². The summed E-state index contributed by atoms with van der Waals surface area (Å²) in [6.45, 7) is 2.32. The lowest BCUT2D eigenvalue weighted by molar-refractivity contribution is 0.304. The molecule has 1 heteroatoms. The molecule has 2 aliphatic rings. The molecule has 0 aliphatic heterocycles. The van der Waals surface area contributed by atoms with Crippen LogP contribution in [0.3, 0.4) is 0 Å². The van der Waals surface area contributed by atoms with Gasteiger partial charge in [0.1, 0.15) is 0 Å². The van der Waals surface area contributed by atoms with Crippen LogP contribution in [-0.2, 0) is 0 Å². The van der Waals surface area contributed by atoms with Crippen LogP contribution >= 0.6 is 0 Å². The summed E-state index contributed by atoms with van der Waals surface area (Å²) in [7, 11) is 0. The van der Waals surface area contributed by atoms with Gasteiger partial charge in [0.15, 0.2) is 0 Å². The summed E-state index contributed by atoms with van der Waals surface area (Å²) < 4.78 is 0. The second-order valence-electron chi connectivity index (χ2n) is 8.12. The number of hydrogen-bond acceptors (Lipinski definition) is 1. The molecule has 2 aliphatic carbocycles. The Balaban J connectivity index is 1.42. The Bertz CT molecular complexity index is 678. The summed E-state index contributed by atoms with van der Waals surface area (Å²) in [6.07, 6.45) is 16.2. The quantitative estimate of drug-likeness (QED) is 0.566. The summed E-state index contributed by atoms with van der Waals surface area (Å²) in [5.74, 6) is 9.76. The number of benzene rings is 1.